The monoisotopic (exact) mass is 423 g/mol. The molecule has 1 amide bonds. The van der Waals surface area contributed by atoms with E-state index in [1.54, 1.807) is 12.1 Å². The third-order valence-corrected chi connectivity index (χ3v) is 5.11. The van der Waals surface area contributed by atoms with E-state index < -0.39 is 0 Å². The van der Waals surface area contributed by atoms with Gasteiger partial charge in [-0.05, 0) is 46.8 Å². The van der Waals surface area contributed by atoms with E-state index >= 15 is 0 Å². The van der Waals surface area contributed by atoms with Crippen LogP contribution in [0.15, 0.2) is 21.1 Å². The van der Waals surface area contributed by atoms with Crippen molar-refractivity contribution in [3.8, 4) is 11.5 Å². The van der Waals surface area contributed by atoms with Crippen LogP contribution < -0.4 is 14.8 Å². The zero-order valence-electron chi connectivity index (χ0n) is 15.2. The minimum Gasteiger partial charge on any atom is -0.495 e. The Morgan fingerprint density at radius 2 is 1.88 bits per heavy atom. The number of aromatic nitrogens is 2. The lowest BCUT2D eigenvalue weighted by Gasteiger charge is -2.19. The molecule has 26 heavy (non-hydrogen) atoms. The molecular weight excluding hydrogens is 402 g/mol. The van der Waals surface area contributed by atoms with Gasteiger partial charge in [0.15, 0.2) is 5.82 Å². The van der Waals surface area contributed by atoms with Gasteiger partial charge in [0.25, 0.3) is 5.91 Å². The molecule has 1 N–H and O–H groups in total. The highest BCUT2D eigenvalue weighted by molar-refractivity contribution is 9.10. The van der Waals surface area contributed by atoms with Crippen molar-refractivity contribution in [2.75, 3.05) is 14.2 Å². The highest BCUT2D eigenvalue weighted by Gasteiger charge is 2.32. The molecule has 2 aromatic rings. The van der Waals surface area contributed by atoms with Crippen LogP contribution in [0, 0.1) is 5.92 Å². The maximum absolute atomic E-state index is 12.8. The van der Waals surface area contributed by atoms with Crippen molar-refractivity contribution >= 4 is 21.8 Å². The Morgan fingerprint density at radius 1 is 1.27 bits per heavy atom. The molecule has 0 aliphatic heterocycles. The first-order valence-electron chi connectivity index (χ1n) is 8.50. The Labute approximate surface area is 160 Å². The van der Waals surface area contributed by atoms with Gasteiger partial charge in [0.2, 0.25) is 5.89 Å². The first kappa shape index (κ1) is 18.7. The molecule has 7 nitrogen and oxygen atoms in total. The van der Waals surface area contributed by atoms with Crippen LogP contribution in [0.2, 0.25) is 0 Å². The molecule has 1 unspecified atom stereocenters. The highest BCUT2D eigenvalue weighted by atomic mass is 79.9. The largest absolute Gasteiger partial charge is 0.495 e. The van der Waals surface area contributed by atoms with Gasteiger partial charge in [0, 0.05) is 11.5 Å². The number of carbonyl (C=O) groups is 1. The second-order valence-electron chi connectivity index (χ2n) is 6.65. The van der Waals surface area contributed by atoms with Crippen LogP contribution in [0.5, 0.6) is 11.5 Å². The lowest BCUT2D eigenvalue weighted by Crippen LogP contribution is -2.32. The van der Waals surface area contributed by atoms with Gasteiger partial charge in [-0.15, -0.1) is 0 Å². The lowest BCUT2D eigenvalue weighted by molar-refractivity contribution is 0.0913. The Morgan fingerprint density at radius 3 is 2.38 bits per heavy atom. The van der Waals surface area contributed by atoms with Gasteiger partial charge < -0.3 is 19.3 Å². The molecule has 1 fully saturated rings. The van der Waals surface area contributed by atoms with Crippen LogP contribution in [-0.2, 0) is 0 Å². The van der Waals surface area contributed by atoms with Crippen molar-refractivity contribution < 1.29 is 18.8 Å². The number of hydrogen-bond donors (Lipinski definition) is 1. The molecule has 3 rings (SSSR count). The van der Waals surface area contributed by atoms with Crippen molar-refractivity contribution in [3.63, 3.8) is 0 Å². The fourth-order valence-electron chi connectivity index (χ4n) is 2.62. The van der Waals surface area contributed by atoms with Gasteiger partial charge in [-0.3, -0.25) is 4.79 Å². The molecule has 140 valence electrons. The molecule has 0 spiro atoms. The minimum atomic E-state index is -0.372. The average Bonchev–Trinajstić information content (AvgIpc) is 3.37. The number of carbonyl (C=O) groups excluding carboxylic acids is 1. The van der Waals surface area contributed by atoms with Gasteiger partial charge in [-0.2, -0.15) is 4.98 Å². The van der Waals surface area contributed by atoms with Crippen molar-refractivity contribution in [1.29, 1.82) is 0 Å². The van der Waals surface area contributed by atoms with Crippen molar-refractivity contribution in [1.82, 2.24) is 15.5 Å². The zero-order chi connectivity index (χ0) is 18.8. The van der Waals surface area contributed by atoms with Crippen molar-refractivity contribution in [3.05, 3.63) is 33.9 Å². The van der Waals surface area contributed by atoms with E-state index in [0.29, 0.717) is 33.3 Å². The number of methoxy groups -OCH3 is 2. The molecule has 1 heterocycles. The molecule has 1 aliphatic carbocycles. The Kier molecular flexibility index (Phi) is 5.50. The fraction of sp³-hybridized carbons (Fsp3) is 0.500. The van der Waals surface area contributed by atoms with Crippen LogP contribution >= 0.6 is 15.9 Å². The molecule has 1 saturated carbocycles. The molecular formula is C18H22BrN3O4. The summed E-state index contributed by atoms with van der Waals surface area (Å²) in [6.07, 6.45) is 2.19. The second kappa shape index (κ2) is 7.65. The first-order chi connectivity index (χ1) is 12.4. The molecule has 1 aliphatic rings. The third kappa shape index (κ3) is 3.85. The molecule has 8 heteroatoms. The summed E-state index contributed by atoms with van der Waals surface area (Å²) >= 11 is 3.40. The number of ether oxygens (including phenoxy) is 2. The summed E-state index contributed by atoms with van der Waals surface area (Å²) in [6.45, 7) is 3.99. The summed E-state index contributed by atoms with van der Waals surface area (Å²) in [5, 5.41) is 7.03. The van der Waals surface area contributed by atoms with Crippen LogP contribution in [0.25, 0.3) is 0 Å². The number of rotatable bonds is 7. The van der Waals surface area contributed by atoms with Crippen LogP contribution in [-0.4, -0.2) is 30.3 Å². The summed E-state index contributed by atoms with van der Waals surface area (Å²) in [7, 11) is 3.08. The summed E-state index contributed by atoms with van der Waals surface area (Å²) in [5.74, 6) is 2.42. The number of amides is 1. The van der Waals surface area contributed by atoms with E-state index in [-0.39, 0.29) is 17.9 Å². The molecule has 0 bridgehead atoms. The minimum absolute atomic E-state index is 0.0886. The maximum atomic E-state index is 12.8. The quantitative estimate of drug-likeness (QED) is 0.727. The molecule has 0 radical (unpaired) electrons. The third-order valence-electron chi connectivity index (χ3n) is 4.33. The standard InChI is InChI=1S/C18H22BrN3O4/c1-9(2)15(18-21-16(22-26-18)10-5-6-10)20-17(23)11-7-12(24-3)14(19)13(8-11)25-4/h7-10,15H,5-6H2,1-4H3,(H,20,23). The summed E-state index contributed by atoms with van der Waals surface area (Å²) < 4.78 is 16.7. The summed E-state index contributed by atoms with van der Waals surface area (Å²) in [5.41, 5.74) is 0.425. The maximum Gasteiger partial charge on any atom is 0.252 e. The fourth-order valence-corrected chi connectivity index (χ4v) is 3.17. The van der Waals surface area contributed by atoms with E-state index in [4.69, 9.17) is 14.0 Å². The molecule has 0 saturated heterocycles. The highest BCUT2D eigenvalue weighted by Crippen LogP contribution is 2.39. The SMILES string of the molecule is COc1cc(C(=O)NC(c2nc(C3CC3)no2)C(C)C)cc(OC)c1Br. The van der Waals surface area contributed by atoms with E-state index in [2.05, 4.69) is 31.4 Å². The van der Waals surface area contributed by atoms with Crippen molar-refractivity contribution in [2.45, 2.75) is 38.6 Å². The van der Waals surface area contributed by atoms with E-state index in [0.717, 1.165) is 18.7 Å². The van der Waals surface area contributed by atoms with Gasteiger partial charge in [0.05, 0.1) is 14.2 Å². The Hall–Kier alpha value is -2.09. The van der Waals surface area contributed by atoms with Gasteiger partial charge in [0.1, 0.15) is 22.0 Å². The lowest BCUT2D eigenvalue weighted by atomic mass is 10.0. The normalized spacial score (nSPS) is 15.0. The smallest absolute Gasteiger partial charge is 0.252 e. The summed E-state index contributed by atoms with van der Waals surface area (Å²) in [4.78, 5) is 17.3. The van der Waals surface area contributed by atoms with Gasteiger partial charge in [-0.1, -0.05) is 19.0 Å². The van der Waals surface area contributed by atoms with Gasteiger partial charge >= 0.3 is 0 Å². The van der Waals surface area contributed by atoms with Gasteiger partial charge in [-0.25, -0.2) is 0 Å². The topological polar surface area (TPSA) is 86.5 Å². The number of halogens is 1. The van der Waals surface area contributed by atoms with Crippen LogP contribution in [0.4, 0.5) is 0 Å². The first-order valence-corrected chi connectivity index (χ1v) is 9.29. The van der Waals surface area contributed by atoms with Crippen LogP contribution in [0.3, 0.4) is 0 Å². The van der Waals surface area contributed by atoms with E-state index in [1.165, 1.54) is 14.2 Å². The predicted molar refractivity (Wildman–Crippen MR) is 98.6 cm³/mol. The van der Waals surface area contributed by atoms with Crippen LogP contribution in [0.1, 0.15) is 60.7 Å². The van der Waals surface area contributed by atoms with E-state index in [9.17, 15) is 4.79 Å². The molecule has 1 aromatic heterocycles. The number of nitrogens with zero attached hydrogens (tertiary/aromatic N) is 2. The number of hydrogen-bond acceptors (Lipinski definition) is 6. The number of nitrogens with one attached hydrogen (secondary N) is 1. The zero-order valence-corrected chi connectivity index (χ0v) is 16.8. The van der Waals surface area contributed by atoms with E-state index in [1.807, 2.05) is 13.8 Å². The second-order valence-corrected chi connectivity index (χ2v) is 7.45. The molecule has 1 aromatic carbocycles. The number of benzene rings is 1. The van der Waals surface area contributed by atoms with Crippen molar-refractivity contribution in [2.24, 2.45) is 5.92 Å². The Bertz CT molecular complexity index is 776. The summed E-state index contributed by atoms with van der Waals surface area (Å²) in [6, 6.07) is 2.94. The predicted octanol–water partition coefficient (Wildman–Crippen LogP) is 3.85. The molecule has 1 atom stereocenters. The average molecular weight is 424 g/mol. The Balaban J connectivity index is 1.83.